The maximum Gasteiger partial charge on any atom is 0.392 e. The molecule has 0 aromatic carbocycles. The average molecular weight is 291 g/mol. The Labute approximate surface area is 121 Å². The van der Waals surface area contributed by atoms with Gasteiger partial charge in [-0.05, 0) is 45.1 Å². The third kappa shape index (κ3) is 5.47. The molecular formula is C16H28F3N. The van der Waals surface area contributed by atoms with Crippen molar-refractivity contribution in [2.24, 2.45) is 11.8 Å². The van der Waals surface area contributed by atoms with Gasteiger partial charge < -0.3 is 5.32 Å². The van der Waals surface area contributed by atoms with Crippen molar-refractivity contribution >= 4 is 0 Å². The summed E-state index contributed by atoms with van der Waals surface area (Å²) in [7, 11) is 1.80. The van der Waals surface area contributed by atoms with E-state index >= 15 is 0 Å². The molecule has 0 saturated heterocycles. The lowest BCUT2D eigenvalue weighted by molar-refractivity contribution is -0.199. The van der Waals surface area contributed by atoms with Gasteiger partial charge in [-0.1, -0.05) is 31.8 Å². The largest absolute Gasteiger partial charge is 0.392 e. The summed E-state index contributed by atoms with van der Waals surface area (Å²) in [6, 6.07) is 0.00524. The van der Waals surface area contributed by atoms with Crippen molar-refractivity contribution in [3.63, 3.8) is 0 Å². The molecule has 4 heteroatoms. The van der Waals surface area contributed by atoms with Gasteiger partial charge in [-0.3, -0.25) is 0 Å². The summed E-state index contributed by atoms with van der Waals surface area (Å²) in [5, 5.41) is 3.14. The van der Waals surface area contributed by atoms with Crippen LogP contribution in [0.4, 0.5) is 13.2 Å². The highest BCUT2D eigenvalue weighted by Crippen LogP contribution is 2.43. The highest BCUT2D eigenvalue weighted by Gasteiger charge is 2.47. The van der Waals surface area contributed by atoms with Gasteiger partial charge in [-0.2, -0.15) is 13.2 Å². The predicted molar refractivity (Wildman–Crippen MR) is 77.6 cm³/mol. The third-order valence-electron chi connectivity index (χ3n) is 4.55. The molecule has 0 aromatic rings. The molecule has 1 saturated carbocycles. The first kappa shape index (κ1) is 17.5. The minimum absolute atomic E-state index is 0.00524. The number of alkyl halides is 3. The number of halogens is 3. The molecule has 0 radical (unpaired) electrons. The van der Waals surface area contributed by atoms with Crippen LogP contribution < -0.4 is 5.32 Å². The molecule has 0 bridgehead atoms. The van der Waals surface area contributed by atoms with Crippen molar-refractivity contribution in [3.05, 3.63) is 12.7 Å². The molecule has 3 atom stereocenters. The van der Waals surface area contributed by atoms with Gasteiger partial charge in [0.05, 0.1) is 5.92 Å². The Morgan fingerprint density at radius 3 is 2.50 bits per heavy atom. The molecular weight excluding hydrogens is 263 g/mol. The molecule has 118 valence electrons. The SMILES string of the molecule is C=CCCCCCC(NC)C1CCCCC1C(F)(F)F. The molecule has 1 aliphatic rings. The van der Waals surface area contributed by atoms with Gasteiger partial charge in [0.25, 0.3) is 0 Å². The Morgan fingerprint density at radius 1 is 1.20 bits per heavy atom. The standard InChI is InChI=1S/C16H28F3N/c1-3-4-5-6-7-12-15(20-2)13-10-8-9-11-14(13)16(17,18)19/h3,13-15,20H,1,4-12H2,2H3. The van der Waals surface area contributed by atoms with Crippen molar-refractivity contribution in [1.29, 1.82) is 0 Å². The molecule has 1 fully saturated rings. The van der Waals surface area contributed by atoms with E-state index in [2.05, 4.69) is 11.9 Å². The number of hydrogen-bond donors (Lipinski definition) is 1. The fourth-order valence-electron chi connectivity index (χ4n) is 3.45. The number of unbranched alkanes of at least 4 members (excludes halogenated alkanes) is 3. The van der Waals surface area contributed by atoms with Crippen molar-refractivity contribution in [2.45, 2.75) is 70.0 Å². The van der Waals surface area contributed by atoms with Gasteiger partial charge in [0.15, 0.2) is 0 Å². The lowest BCUT2D eigenvalue weighted by atomic mass is 9.73. The number of nitrogens with one attached hydrogen (secondary N) is 1. The Morgan fingerprint density at radius 2 is 1.90 bits per heavy atom. The highest BCUT2D eigenvalue weighted by atomic mass is 19.4. The fraction of sp³-hybridized carbons (Fsp3) is 0.875. The van der Waals surface area contributed by atoms with Gasteiger partial charge in [0.1, 0.15) is 0 Å². The molecule has 20 heavy (non-hydrogen) atoms. The van der Waals surface area contributed by atoms with E-state index in [0.717, 1.165) is 44.9 Å². The molecule has 1 aliphatic carbocycles. The van der Waals surface area contributed by atoms with E-state index in [4.69, 9.17) is 0 Å². The van der Waals surface area contributed by atoms with Gasteiger partial charge in [-0.15, -0.1) is 6.58 Å². The molecule has 0 amide bonds. The summed E-state index contributed by atoms with van der Waals surface area (Å²) < 4.78 is 39.4. The lowest BCUT2D eigenvalue weighted by Gasteiger charge is -2.38. The van der Waals surface area contributed by atoms with E-state index in [1.54, 1.807) is 7.05 Å². The summed E-state index contributed by atoms with van der Waals surface area (Å²) in [5.74, 6) is -1.35. The number of rotatable bonds is 8. The molecule has 0 aliphatic heterocycles. The molecule has 1 rings (SSSR count). The van der Waals surface area contributed by atoms with E-state index in [-0.39, 0.29) is 12.0 Å². The predicted octanol–water partition coefficient (Wildman–Crippen LogP) is 5.08. The van der Waals surface area contributed by atoms with Crippen LogP contribution in [0.25, 0.3) is 0 Å². The van der Waals surface area contributed by atoms with Crippen LogP contribution in [-0.2, 0) is 0 Å². The Hall–Kier alpha value is -0.510. The van der Waals surface area contributed by atoms with Gasteiger partial charge >= 0.3 is 6.18 Å². The summed E-state index contributed by atoms with van der Waals surface area (Å²) in [5.41, 5.74) is 0. The van der Waals surface area contributed by atoms with Crippen LogP contribution in [0.2, 0.25) is 0 Å². The molecule has 0 aromatic heterocycles. The first-order valence-electron chi connectivity index (χ1n) is 7.85. The van der Waals surface area contributed by atoms with Crippen molar-refractivity contribution in [3.8, 4) is 0 Å². The molecule has 3 unspecified atom stereocenters. The fourth-order valence-corrected chi connectivity index (χ4v) is 3.45. The maximum atomic E-state index is 13.1. The van der Waals surface area contributed by atoms with Gasteiger partial charge in [-0.25, -0.2) is 0 Å². The van der Waals surface area contributed by atoms with Crippen LogP contribution in [0.3, 0.4) is 0 Å². The molecule has 1 nitrogen and oxygen atoms in total. The number of hydrogen-bond acceptors (Lipinski definition) is 1. The Balaban J connectivity index is 2.50. The van der Waals surface area contributed by atoms with Crippen molar-refractivity contribution in [2.75, 3.05) is 7.05 Å². The summed E-state index contributed by atoms with van der Waals surface area (Å²) in [6.07, 6.45) is 5.55. The average Bonchev–Trinajstić information content (AvgIpc) is 2.42. The van der Waals surface area contributed by atoms with Crippen LogP contribution in [0.15, 0.2) is 12.7 Å². The monoisotopic (exact) mass is 291 g/mol. The van der Waals surface area contributed by atoms with E-state index in [0.29, 0.717) is 12.8 Å². The highest BCUT2D eigenvalue weighted by molar-refractivity contribution is 4.88. The van der Waals surface area contributed by atoms with Crippen LogP contribution >= 0.6 is 0 Å². The zero-order valence-corrected chi connectivity index (χ0v) is 12.5. The summed E-state index contributed by atoms with van der Waals surface area (Å²) in [6.45, 7) is 3.68. The third-order valence-corrected chi connectivity index (χ3v) is 4.55. The van der Waals surface area contributed by atoms with Crippen LogP contribution in [0.1, 0.15) is 57.8 Å². The van der Waals surface area contributed by atoms with Gasteiger partial charge in [0, 0.05) is 6.04 Å². The van der Waals surface area contributed by atoms with Crippen LogP contribution in [0.5, 0.6) is 0 Å². The molecule has 1 N–H and O–H groups in total. The zero-order chi connectivity index (χ0) is 15.0. The van der Waals surface area contributed by atoms with E-state index in [1.807, 2.05) is 6.08 Å². The van der Waals surface area contributed by atoms with Crippen LogP contribution in [-0.4, -0.2) is 19.3 Å². The number of allylic oxidation sites excluding steroid dienone is 1. The minimum atomic E-state index is -4.04. The summed E-state index contributed by atoms with van der Waals surface area (Å²) in [4.78, 5) is 0. The van der Waals surface area contributed by atoms with E-state index in [1.165, 1.54) is 0 Å². The minimum Gasteiger partial charge on any atom is -0.317 e. The smallest absolute Gasteiger partial charge is 0.317 e. The lowest BCUT2D eigenvalue weighted by Crippen LogP contribution is -2.44. The first-order chi connectivity index (χ1) is 9.50. The quantitative estimate of drug-likeness (QED) is 0.486. The van der Waals surface area contributed by atoms with Gasteiger partial charge in [0.2, 0.25) is 0 Å². The molecule has 0 spiro atoms. The van der Waals surface area contributed by atoms with E-state index in [9.17, 15) is 13.2 Å². The first-order valence-corrected chi connectivity index (χ1v) is 7.85. The second-order valence-electron chi connectivity index (χ2n) is 5.92. The Kier molecular flexibility index (Phi) is 7.63. The van der Waals surface area contributed by atoms with Crippen LogP contribution in [0, 0.1) is 11.8 Å². The normalized spacial score (nSPS) is 25.4. The van der Waals surface area contributed by atoms with Crippen molar-refractivity contribution < 1.29 is 13.2 Å². The maximum absolute atomic E-state index is 13.1. The topological polar surface area (TPSA) is 12.0 Å². The Bertz CT molecular complexity index is 275. The van der Waals surface area contributed by atoms with Crippen molar-refractivity contribution in [1.82, 2.24) is 5.32 Å². The second kappa shape index (κ2) is 8.71. The molecule has 0 heterocycles. The second-order valence-corrected chi connectivity index (χ2v) is 5.92. The summed E-state index contributed by atoms with van der Waals surface area (Å²) >= 11 is 0. The zero-order valence-electron chi connectivity index (χ0n) is 12.5. The van der Waals surface area contributed by atoms with E-state index < -0.39 is 12.1 Å².